The van der Waals surface area contributed by atoms with E-state index in [1.54, 1.807) is 7.05 Å². The standard InChI is InChI=1S/C13H17NO/c1-14-9-13(15)12-7-5-11(6-8-12)10-3-2-4-10/h5-8,10,14H,2-4,9H2,1H3. The molecule has 0 aliphatic heterocycles. The first-order valence-corrected chi connectivity index (χ1v) is 5.59. The van der Waals surface area contributed by atoms with Gasteiger partial charge in [0.05, 0.1) is 6.54 Å². The van der Waals surface area contributed by atoms with Gasteiger partial charge in [0.15, 0.2) is 5.78 Å². The Hall–Kier alpha value is -1.15. The average molecular weight is 203 g/mol. The van der Waals surface area contributed by atoms with Crippen molar-refractivity contribution in [3.63, 3.8) is 0 Å². The van der Waals surface area contributed by atoms with Crippen LogP contribution >= 0.6 is 0 Å². The molecule has 0 saturated heterocycles. The summed E-state index contributed by atoms with van der Waals surface area (Å²) in [5.41, 5.74) is 2.20. The van der Waals surface area contributed by atoms with Crippen LogP contribution < -0.4 is 5.32 Å². The summed E-state index contributed by atoms with van der Waals surface area (Å²) in [6.45, 7) is 0.419. The van der Waals surface area contributed by atoms with Gasteiger partial charge in [-0.3, -0.25) is 4.79 Å². The van der Waals surface area contributed by atoms with Gasteiger partial charge in [-0.15, -0.1) is 0 Å². The van der Waals surface area contributed by atoms with Crippen molar-refractivity contribution in [1.82, 2.24) is 5.32 Å². The molecule has 0 atom stereocenters. The van der Waals surface area contributed by atoms with Crippen LogP contribution in [0.3, 0.4) is 0 Å². The second-order valence-electron chi connectivity index (χ2n) is 4.20. The predicted molar refractivity (Wildman–Crippen MR) is 61.3 cm³/mol. The van der Waals surface area contributed by atoms with Gasteiger partial charge in [-0.05, 0) is 31.4 Å². The largest absolute Gasteiger partial charge is 0.313 e. The average Bonchev–Trinajstić information content (AvgIpc) is 2.16. The van der Waals surface area contributed by atoms with Crippen LogP contribution in [0.2, 0.25) is 0 Å². The first-order chi connectivity index (χ1) is 7.31. The Balaban J connectivity index is 2.06. The summed E-state index contributed by atoms with van der Waals surface area (Å²) in [6, 6.07) is 8.11. The molecule has 1 fully saturated rings. The van der Waals surface area contributed by atoms with E-state index < -0.39 is 0 Å². The third-order valence-electron chi connectivity index (χ3n) is 3.15. The molecule has 1 aliphatic rings. The Morgan fingerprint density at radius 3 is 2.47 bits per heavy atom. The van der Waals surface area contributed by atoms with E-state index in [1.165, 1.54) is 24.8 Å². The van der Waals surface area contributed by atoms with Crippen molar-refractivity contribution in [3.8, 4) is 0 Å². The molecular formula is C13H17NO. The number of ketones is 1. The fourth-order valence-corrected chi connectivity index (χ4v) is 1.95. The molecule has 1 saturated carbocycles. The fourth-order valence-electron chi connectivity index (χ4n) is 1.95. The van der Waals surface area contributed by atoms with Crippen LogP contribution in [0.4, 0.5) is 0 Å². The van der Waals surface area contributed by atoms with Gasteiger partial charge in [0.25, 0.3) is 0 Å². The summed E-state index contributed by atoms with van der Waals surface area (Å²) >= 11 is 0. The van der Waals surface area contributed by atoms with Crippen LogP contribution in [0.1, 0.15) is 41.1 Å². The van der Waals surface area contributed by atoms with Gasteiger partial charge >= 0.3 is 0 Å². The Morgan fingerprint density at radius 2 is 2.00 bits per heavy atom. The lowest BCUT2D eigenvalue weighted by molar-refractivity contribution is 0.0993. The summed E-state index contributed by atoms with van der Waals surface area (Å²) in [4.78, 5) is 11.5. The van der Waals surface area contributed by atoms with Crippen molar-refractivity contribution in [3.05, 3.63) is 35.4 Å². The number of carbonyl (C=O) groups is 1. The normalized spacial score (nSPS) is 16.1. The van der Waals surface area contributed by atoms with Crippen LogP contribution in [0.5, 0.6) is 0 Å². The van der Waals surface area contributed by atoms with E-state index in [0.29, 0.717) is 6.54 Å². The summed E-state index contributed by atoms with van der Waals surface area (Å²) in [6.07, 6.45) is 3.97. The molecule has 80 valence electrons. The zero-order chi connectivity index (χ0) is 10.7. The van der Waals surface area contributed by atoms with Crippen LogP contribution in [0, 0.1) is 0 Å². The van der Waals surface area contributed by atoms with E-state index in [-0.39, 0.29) is 5.78 Å². The lowest BCUT2D eigenvalue weighted by Gasteiger charge is -2.25. The maximum absolute atomic E-state index is 11.5. The topological polar surface area (TPSA) is 29.1 Å². The second-order valence-corrected chi connectivity index (χ2v) is 4.20. The smallest absolute Gasteiger partial charge is 0.176 e. The lowest BCUT2D eigenvalue weighted by atomic mass is 9.80. The summed E-state index contributed by atoms with van der Waals surface area (Å²) in [7, 11) is 1.79. The Kier molecular flexibility index (Phi) is 3.17. The van der Waals surface area contributed by atoms with Crippen molar-refractivity contribution >= 4 is 5.78 Å². The number of hydrogen-bond donors (Lipinski definition) is 1. The number of nitrogens with one attached hydrogen (secondary N) is 1. The van der Waals surface area contributed by atoms with Gasteiger partial charge in [-0.2, -0.15) is 0 Å². The molecule has 2 rings (SSSR count). The number of hydrogen-bond acceptors (Lipinski definition) is 2. The highest BCUT2D eigenvalue weighted by Crippen LogP contribution is 2.36. The van der Waals surface area contributed by atoms with Crippen molar-refractivity contribution in [2.45, 2.75) is 25.2 Å². The van der Waals surface area contributed by atoms with Gasteiger partial charge in [0.1, 0.15) is 0 Å². The van der Waals surface area contributed by atoms with Crippen molar-refractivity contribution in [1.29, 1.82) is 0 Å². The Bertz CT molecular complexity index is 338. The number of carbonyl (C=O) groups excluding carboxylic acids is 1. The van der Waals surface area contributed by atoms with Gasteiger partial charge < -0.3 is 5.32 Å². The zero-order valence-electron chi connectivity index (χ0n) is 9.12. The molecule has 1 aromatic rings. The van der Waals surface area contributed by atoms with Crippen LogP contribution in [0.25, 0.3) is 0 Å². The second kappa shape index (κ2) is 4.58. The zero-order valence-corrected chi connectivity index (χ0v) is 9.12. The minimum absolute atomic E-state index is 0.164. The van der Waals surface area contributed by atoms with E-state index in [9.17, 15) is 4.79 Å². The maximum Gasteiger partial charge on any atom is 0.176 e. The highest BCUT2D eigenvalue weighted by molar-refractivity contribution is 5.97. The van der Waals surface area contributed by atoms with E-state index in [0.717, 1.165) is 11.5 Å². The molecule has 0 heterocycles. The molecule has 0 bridgehead atoms. The number of Topliss-reactive ketones (excluding diaryl/α,β-unsaturated/α-hetero) is 1. The molecule has 0 amide bonds. The fraction of sp³-hybridized carbons (Fsp3) is 0.462. The first kappa shape index (κ1) is 10.4. The molecule has 1 N–H and O–H groups in total. The molecular weight excluding hydrogens is 186 g/mol. The third kappa shape index (κ3) is 2.26. The summed E-state index contributed by atoms with van der Waals surface area (Å²) in [5, 5.41) is 2.88. The highest BCUT2D eigenvalue weighted by atomic mass is 16.1. The van der Waals surface area contributed by atoms with Crippen molar-refractivity contribution in [2.24, 2.45) is 0 Å². The third-order valence-corrected chi connectivity index (χ3v) is 3.15. The van der Waals surface area contributed by atoms with Crippen LogP contribution in [-0.2, 0) is 0 Å². The summed E-state index contributed by atoms with van der Waals surface area (Å²) in [5.74, 6) is 0.913. The predicted octanol–water partition coefficient (Wildman–Crippen LogP) is 2.36. The Morgan fingerprint density at radius 1 is 1.33 bits per heavy atom. The minimum Gasteiger partial charge on any atom is -0.313 e. The SMILES string of the molecule is CNCC(=O)c1ccc(C2CCC2)cc1. The van der Waals surface area contributed by atoms with Crippen molar-refractivity contribution < 1.29 is 4.79 Å². The van der Waals surface area contributed by atoms with Crippen molar-refractivity contribution in [2.75, 3.05) is 13.6 Å². The number of benzene rings is 1. The molecule has 1 aliphatic carbocycles. The minimum atomic E-state index is 0.164. The maximum atomic E-state index is 11.5. The van der Waals surface area contributed by atoms with Crippen LogP contribution in [-0.4, -0.2) is 19.4 Å². The molecule has 2 heteroatoms. The van der Waals surface area contributed by atoms with E-state index >= 15 is 0 Å². The lowest BCUT2D eigenvalue weighted by Crippen LogP contribution is -2.18. The molecule has 1 aromatic carbocycles. The van der Waals surface area contributed by atoms with Gasteiger partial charge in [0, 0.05) is 5.56 Å². The Labute approximate surface area is 90.7 Å². The van der Waals surface area contributed by atoms with Gasteiger partial charge in [0.2, 0.25) is 0 Å². The molecule has 0 unspecified atom stereocenters. The summed E-state index contributed by atoms with van der Waals surface area (Å²) < 4.78 is 0. The van der Waals surface area contributed by atoms with Gasteiger partial charge in [-0.25, -0.2) is 0 Å². The molecule has 2 nitrogen and oxygen atoms in total. The monoisotopic (exact) mass is 203 g/mol. The molecule has 0 radical (unpaired) electrons. The van der Waals surface area contributed by atoms with Gasteiger partial charge in [-0.1, -0.05) is 30.7 Å². The highest BCUT2D eigenvalue weighted by Gasteiger charge is 2.19. The number of rotatable bonds is 4. The van der Waals surface area contributed by atoms with Crippen LogP contribution in [0.15, 0.2) is 24.3 Å². The number of likely N-dealkylation sites (N-methyl/N-ethyl adjacent to an activating group) is 1. The molecule has 0 aromatic heterocycles. The molecule has 15 heavy (non-hydrogen) atoms. The quantitative estimate of drug-likeness (QED) is 0.761. The van der Waals surface area contributed by atoms with E-state index in [4.69, 9.17) is 0 Å². The first-order valence-electron chi connectivity index (χ1n) is 5.59. The van der Waals surface area contributed by atoms with E-state index in [2.05, 4.69) is 17.4 Å². The van der Waals surface area contributed by atoms with E-state index in [1.807, 2.05) is 12.1 Å². The molecule has 0 spiro atoms.